The van der Waals surface area contributed by atoms with Gasteiger partial charge in [0.25, 0.3) is 0 Å². The zero-order chi connectivity index (χ0) is 14.8. The Labute approximate surface area is 132 Å². The van der Waals surface area contributed by atoms with Crippen LogP contribution in [-0.4, -0.2) is 11.8 Å². The summed E-state index contributed by atoms with van der Waals surface area (Å²) in [6.45, 7) is 6.88. The monoisotopic (exact) mass is 311 g/mol. The SMILES string of the molecule is CC(C)C1CCC(C)(N=Cc2c(Cl)cccc2Cl)CC1. The molecule has 0 spiro atoms. The highest BCUT2D eigenvalue weighted by Gasteiger charge is 2.31. The van der Waals surface area contributed by atoms with Crippen molar-refractivity contribution < 1.29 is 0 Å². The lowest BCUT2D eigenvalue weighted by molar-refractivity contribution is 0.210. The number of nitrogens with zero attached hydrogens (tertiary/aromatic N) is 1. The van der Waals surface area contributed by atoms with Gasteiger partial charge in [0, 0.05) is 11.8 Å². The van der Waals surface area contributed by atoms with Crippen LogP contribution in [0.2, 0.25) is 10.0 Å². The first kappa shape index (κ1) is 15.9. The largest absolute Gasteiger partial charge is 0.286 e. The molecule has 1 saturated carbocycles. The lowest BCUT2D eigenvalue weighted by atomic mass is 9.74. The minimum Gasteiger partial charge on any atom is -0.286 e. The van der Waals surface area contributed by atoms with Gasteiger partial charge in [0.1, 0.15) is 0 Å². The zero-order valence-corrected chi connectivity index (χ0v) is 14.0. The summed E-state index contributed by atoms with van der Waals surface area (Å²) in [6.07, 6.45) is 6.69. The van der Waals surface area contributed by atoms with E-state index >= 15 is 0 Å². The van der Waals surface area contributed by atoms with Crippen molar-refractivity contribution in [1.82, 2.24) is 0 Å². The van der Waals surface area contributed by atoms with Crippen LogP contribution in [0.3, 0.4) is 0 Å². The van der Waals surface area contributed by atoms with E-state index in [4.69, 9.17) is 28.2 Å². The fourth-order valence-corrected chi connectivity index (χ4v) is 3.41. The van der Waals surface area contributed by atoms with E-state index in [0.29, 0.717) is 10.0 Å². The van der Waals surface area contributed by atoms with Gasteiger partial charge in [0.15, 0.2) is 0 Å². The van der Waals surface area contributed by atoms with E-state index in [9.17, 15) is 0 Å². The molecule has 1 aromatic carbocycles. The third-order valence-electron chi connectivity index (χ3n) is 4.56. The van der Waals surface area contributed by atoms with Gasteiger partial charge in [-0.25, -0.2) is 0 Å². The number of aliphatic imine (C=N–C) groups is 1. The first-order chi connectivity index (χ1) is 9.41. The number of hydrogen-bond donors (Lipinski definition) is 0. The molecular formula is C17H23Cl2N. The van der Waals surface area contributed by atoms with E-state index in [0.717, 1.165) is 30.2 Å². The molecule has 110 valence electrons. The van der Waals surface area contributed by atoms with Crippen molar-refractivity contribution in [3.05, 3.63) is 33.8 Å². The second-order valence-electron chi connectivity index (χ2n) is 6.47. The zero-order valence-electron chi connectivity index (χ0n) is 12.5. The molecule has 1 fully saturated rings. The van der Waals surface area contributed by atoms with E-state index in [1.807, 2.05) is 24.4 Å². The number of hydrogen-bond acceptors (Lipinski definition) is 1. The minimum absolute atomic E-state index is 0.0356. The Bertz CT molecular complexity index is 466. The number of rotatable bonds is 3. The smallest absolute Gasteiger partial charge is 0.0580 e. The Kier molecular flexibility index (Phi) is 5.14. The molecule has 1 nitrogen and oxygen atoms in total. The summed E-state index contributed by atoms with van der Waals surface area (Å²) in [5.41, 5.74) is 0.872. The van der Waals surface area contributed by atoms with Crippen LogP contribution in [0.15, 0.2) is 23.2 Å². The van der Waals surface area contributed by atoms with Crippen LogP contribution in [0.5, 0.6) is 0 Å². The normalized spacial score (nSPS) is 27.4. The van der Waals surface area contributed by atoms with Gasteiger partial charge in [-0.05, 0) is 56.6 Å². The molecule has 0 atom stereocenters. The predicted octanol–water partition coefficient (Wildman–Crippen LogP) is 6.02. The summed E-state index contributed by atoms with van der Waals surface area (Å²) in [4.78, 5) is 4.81. The first-order valence-electron chi connectivity index (χ1n) is 7.40. The molecule has 0 N–H and O–H groups in total. The molecule has 0 heterocycles. The van der Waals surface area contributed by atoms with Gasteiger partial charge in [-0.3, -0.25) is 4.99 Å². The van der Waals surface area contributed by atoms with Gasteiger partial charge >= 0.3 is 0 Å². The van der Waals surface area contributed by atoms with Crippen LogP contribution in [0.4, 0.5) is 0 Å². The highest BCUT2D eigenvalue weighted by molar-refractivity contribution is 6.38. The molecule has 1 aliphatic carbocycles. The summed E-state index contributed by atoms with van der Waals surface area (Å²) in [7, 11) is 0. The Balaban J connectivity index is 2.08. The molecule has 1 aliphatic rings. The molecular weight excluding hydrogens is 289 g/mol. The Morgan fingerprint density at radius 2 is 1.75 bits per heavy atom. The first-order valence-corrected chi connectivity index (χ1v) is 8.16. The molecule has 0 bridgehead atoms. The maximum Gasteiger partial charge on any atom is 0.0580 e. The average molecular weight is 312 g/mol. The van der Waals surface area contributed by atoms with Crippen molar-refractivity contribution in [2.24, 2.45) is 16.8 Å². The fourth-order valence-electron chi connectivity index (χ4n) is 2.91. The van der Waals surface area contributed by atoms with E-state index in [-0.39, 0.29) is 5.54 Å². The summed E-state index contributed by atoms with van der Waals surface area (Å²) < 4.78 is 0. The van der Waals surface area contributed by atoms with Gasteiger partial charge in [0.2, 0.25) is 0 Å². The Morgan fingerprint density at radius 1 is 1.20 bits per heavy atom. The Hall–Kier alpha value is -0.530. The van der Waals surface area contributed by atoms with Gasteiger partial charge < -0.3 is 0 Å². The van der Waals surface area contributed by atoms with Crippen molar-refractivity contribution in [3.8, 4) is 0 Å². The predicted molar refractivity (Wildman–Crippen MR) is 89.3 cm³/mol. The maximum absolute atomic E-state index is 6.18. The van der Waals surface area contributed by atoms with Crippen molar-refractivity contribution in [1.29, 1.82) is 0 Å². The van der Waals surface area contributed by atoms with Crippen LogP contribution in [0.25, 0.3) is 0 Å². The van der Waals surface area contributed by atoms with E-state index in [2.05, 4.69) is 20.8 Å². The third kappa shape index (κ3) is 3.77. The topological polar surface area (TPSA) is 12.4 Å². The molecule has 20 heavy (non-hydrogen) atoms. The summed E-state index contributed by atoms with van der Waals surface area (Å²) >= 11 is 12.4. The van der Waals surface area contributed by atoms with Gasteiger partial charge in [-0.15, -0.1) is 0 Å². The number of halogens is 2. The van der Waals surface area contributed by atoms with Crippen LogP contribution < -0.4 is 0 Å². The average Bonchev–Trinajstić information content (AvgIpc) is 2.38. The van der Waals surface area contributed by atoms with Crippen molar-refractivity contribution >= 4 is 29.4 Å². The summed E-state index contributed by atoms with van der Waals surface area (Å²) in [5.74, 6) is 1.63. The van der Waals surface area contributed by atoms with Crippen LogP contribution in [0, 0.1) is 11.8 Å². The molecule has 0 saturated heterocycles. The van der Waals surface area contributed by atoms with Crippen LogP contribution in [-0.2, 0) is 0 Å². The van der Waals surface area contributed by atoms with Crippen molar-refractivity contribution in [2.45, 2.75) is 52.0 Å². The maximum atomic E-state index is 6.18. The third-order valence-corrected chi connectivity index (χ3v) is 5.21. The molecule has 1 aromatic rings. The second kappa shape index (κ2) is 6.49. The molecule has 0 unspecified atom stereocenters. The van der Waals surface area contributed by atoms with E-state index in [1.54, 1.807) is 0 Å². The van der Waals surface area contributed by atoms with Gasteiger partial charge in [-0.1, -0.05) is 43.1 Å². The summed E-state index contributed by atoms with van der Waals surface area (Å²) in [5, 5.41) is 1.33. The molecule has 0 amide bonds. The van der Waals surface area contributed by atoms with E-state index in [1.165, 1.54) is 12.8 Å². The molecule has 0 aromatic heterocycles. The van der Waals surface area contributed by atoms with Gasteiger partial charge in [-0.2, -0.15) is 0 Å². The van der Waals surface area contributed by atoms with E-state index < -0.39 is 0 Å². The van der Waals surface area contributed by atoms with Crippen LogP contribution >= 0.6 is 23.2 Å². The molecule has 3 heteroatoms. The standard InChI is InChI=1S/C17H23Cl2N/c1-12(2)13-7-9-17(3,10-8-13)20-11-14-15(18)5-4-6-16(14)19/h4-6,11-13H,7-10H2,1-3H3. The highest BCUT2D eigenvalue weighted by atomic mass is 35.5. The van der Waals surface area contributed by atoms with Crippen LogP contribution in [0.1, 0.15) is 52.0 Å². The highest BCUT2D eigenvalue weighted by Crippen LogP contribution is 2.38. The molecule has 2 rings (SSSR count). The minimum atomic E-state index is 0.0356. The lowest BCUT2D eigenvalue weighted by Crippen LogP contribution is -2.30. The lowest BCUT2D eigenvalue weighted by Gasteiger charge is -2.36. The van der Waals surface area contributed by atoms with Crippen molar-refractivity contribution in [2.75, 3.05) is 0 Å². The van der Waals surface area contributed by atoms with Gasteiger partial charge in [0.05, 0.1) is 15.6 Å². The quantitative estimate of drug-likeness (QED) is 0.605. The van der Waals surface area contributed by atoms with Crippen molar-refractivity contribution in [3.63, 3.8) is 0 Å². The Morgan fingerprint density at radius 3 is 2.25 bits per heavy atom. The summed E-state index contributed by atoms with van der Waals surface area (Å²) in [6, 6.07) is 5.57. The molecule has 0 aliphatic heterocycles. The molecule has 0 radical (unpaired) electrons. The fraction of sp³-hybridized carbons (Fsp3) is 0.588. The number of benzene rings is 1. The second-order valence-corrected chi connectivity index (χ2v) is 7.29.